The van der Waals surface area contributed by atoms with E-state index in [9.17, 15) is 4.79 Å². The third-order valence-electron chi connectivity index (χ3n) is 3.41. The summed E-state index contributed by atoms with van der Waals surface area (Å²) in [5.41, 5.74) is 2.43. The van der Waals surface area contributed by atoms with Crippen LogP contribution in [0.2, 0.25) is 5.02 Å². The third-order valence-corrected chi connectivity index (χ3v) is 3.65. The normalized spacial score (nSPS) is 14.3. The highest BCUT2D eigenvalue weighted by Crippen LogP contribution is 2.22. The summed E-state index contributed by atoms with van der Waals surface area (Å²) in [6.07, 6.45) is 4.53. The van der Waals surface area contributed by atoms with Gasteiger partial charge in [-0.15, -0.1) is 0 Å². The zero-order valence-electron chi connectivity index (χ0n) is 11.3. The average Bonchev–Trinajstić information content (AvgIpc) is 3.14. The van der Waals surface area contributed by atoms with Crippen molar-refractivity contribution in [2.24, 2.45) is 0 Å². The molecule has 0 bridgehead atoms. The Morgan fingerprint density at radius 2 is 2.30 bits per heavy atom. The summed E-state index contributed by atoms with van der Waals surface area (Å²) < 4.78 is 1.79. The number of rotatable bonds is 4. The summed E-state index contributed by atoms with van der Waals surface area (Å²) >= 11 is 6.02. The minimum atomic E-state index is -0.0300. The van der Waals surface area contributed by atoms with Gasteiger partial charge in [-0.25, -0.2) is 4.68 Å². The van der Waals surface area contributed by atoms with Crippen molar-refractivity contribution in [2.75, 3.05) is 0 Å². The molecule has 1 heterocycles. The third kappa shape index (κ3) is 2.56. The second-order valence-corrected chi connectivity index (χ2v) is 5.43. The van der Waals surface area contributed by atoms with Crippen LogP contribution in [0.1, 0.15) is 35.8 Å². The number of halogens is 1. The Bertz CT molecular complexity index is 646. The van der Waals surface area contributed by atoms with Gasteiger partial charge in [0, 0.05) is 11.1 Å². The van der Waals surface area contributed by atoms with Crippen LogP contribution in [0, 0.1) is 0 Å². The second kappa shape index (κ2) is 5.29. The highest BCUT2D eigenvalue weighted by atomic mass is 35.5. The zero-order chi connectivity index (χ0) is 14.1. The Kier molecular flexibility index (Phi) is 3.49. The van der Waals surface area contributed by atoms with E-state index in [0.29, 0.717) is 16.6 Å². The number of nitrogens with one attached hydrogen (secondary N) is 1. The summed E-state index contributed by atoms with van der Waals surface area (Å²) in [6.45, 7) is 2.02. The number of benzene rings is 1. The fourth-order valence-electron chi connectivity index (χ4n) is 2.22. The first-order chi connectivity index (χ1) is 9.69. The molecule has 0 atom stereocenters. The van der Waals surface area contributed by atoms with Crippen molar-refractivity contribution >= 4 is 17.5 Å². The number of nitrogens with zero attached hydrogens (tertiary/aromatic N) is 2. The Hall–Kier alpha value is -1.81. The molecule has 1 fully saturated rings. The Labute approximate surface area is 122 Å². The summed E-state index contributed by atoms with van der Waals surface area (Å²) in [5, 5.41) is 8.00. The monoisotopic (exact) mass is 289 g/mol. The fraction of sp³-hybridized carbons (Fsp3) is 0.333. The molecular weight excluding hydrogens is 274 g/mol. The van der Waals surface area contributed by atoms with Crippen LogP contribution in [0.15, 0.2) is 30.5 Å². The topological polar surface area (TPSA) is 46.9 Å². The Morgan fingerprint density at radius 3 is 2.95 bits per heavy atom. The van der Waals surface area contributed by atoms with Gasteiger partial charge in [0.1, 0.15) is 0 Å². The first-order valence-electron chi connectivity index (χ1n) is 6.82. The molecule has 0 radical (unpaired) electrons. The van der Waals surface area contributed by atoms with Gasteiger partial charge in [-0.1, -0.05) is 24.6 Å². The molecule has 1 aliphatic carbocycles. The van der Waals surface area contributed by atoms with Crippen LogP contribution in [0.25, 0.3) is 5.69 Å². The molecule has 1 saturated carbocycles. The van der Waals surface area contributed by atoms with Gasteiger partial charge < -0.3 is 5.32 Å². The van der Waals surface area contributed by atoms with E-state index >= 15 is 0 Å². The largest absolute Gasteiger partial charge is 0.349 e. The van der Waals surface area contributed by atoms with Gasteiger partial charge in [-0.05, 0) is 37.5 Å². The molecule has 0 spiro atoms. The maximum absolute atomic E-state index is 12.2. The zero-order valence-corrected chi connectivity index (χ0v) is 12.0. The lowest BCUT2D eigenvalue weighted by Gasteiger charge is -2.08. The van der Waals surface area contributed by atoms with E-state index < -0.39 is 0 Å². The molecule has 1 aromatic heterocycles. The van der Waals surface area contributed by atoms with Crippen molar-refractivity contribution in [3.8, 4) is 5.69 Å². The number of amides is 1. The maximum atomic E-state index is 12.2. The van der Waals surface area contributed by atoms with Crippen molar-refractivity contribution in [1.29, 1.82) is 0 Å². The Balaban J connectivity index is 1.96. The van der Waals surface area contributed by atoms with Gasteiger partial charge in [0.15, 0.2) is 0 Å². The minimum absolute atomic E-state index is 0.0300. The molecule has 1 N–H and O–H groups in total. The highest BCUT2D eigenvalue weighted by Gasteiger charge is 2.26. The first-order valence-corrected chi connectivity index (χ1v) is 7.20. The second-order valence-electron chi connectivity index (χ2n) is 5.00. The van der Waals surface area contributed by atoms with E-state index in [4.69, 9.17) is 11.6 Å². The molecule has 1 amide bonds. The molecule has 0 saturated heterocycles. The van der Waals surface area contributed by atoms with Crippen molar-refractivity contribution in [3.05, 3.63) is 46.7 Å². The maximum Gasteiger partial charge on any atom is 0.254 e. The van der Waals surface area contributed by atoms with E-state index in [-0.39, 0.29) is 5.91 Å². The van der Waals surface area contributed by atoms with Crippen LogP contribution in [0.4, 0.5) is 0 Å². The predicted molar refractivity (Wildman–Crippen MR) is 78.4 cm³/mol. The van der Waals surface area contributed by atoms with Crippen LogP contribution in [-0.4, -0.2) is 21.7 Å². The van der Waals surface area contributed by atoms with Gasteiger partial charge in [0.2, 0.25) is 0 Å². The Morgan fingerprint density at radius 1 is 1.50 bits per heavy atom. The SMILES string of the molecule is CCc1c(C(=O)NC2CC2)cnn1-c1cccc(Cl)c1. The van der Waals surface area contributed by atoms with Crippen LogP contribution in [-0.2, 0) is 6.42 Å². The molecule has 5 heteroatoms. The molecule has 20 heavy (non-hydrogen) atoms. The minimum Gasteiger partial charge on any atom is -0.349 e. The van der Waals surface area contributed by atoms with E-state index in [2.05, 4.69) is 10.4 Å². The molecule has 2 aromatic rings. The van der Waals surface area contributed by atoms with E-state index in [1.54, 1.807) is 10.9 Å². The molecule has 4 nitrogen and oxygen atoms in total. The quantitative estimate of drug-likeness (QED) is 0.940. The van der Waals surface area contributed by atoms with Gasteiger partial charge in [0.25, 0.3) is 5.91 Å². The van der Waals surface area contributed by atoms with Gasteiger partial charge in [0.05, 0.1) is 23.1 Å². The highest BCUT2D eigenvalue weighted by molar-refractivity contribution is 6.30. The molecule has 3 rings (SSSR count). The van der Waals surface area contributed by atoms with Crippen LogP contribution >= 0.6 is 11.6 Å². The lowest BCUT2D eigenvalue weighted by molar-refractivity contribution is 0.0950. The van der Waals surface area contributed by atoms with E-state index in [1.807, 2.05) is 31.2 Å². The molecular formula is C15H16ClN3O. The number of carbonyl (C=O) groups is 1. The van der Waals surface area contributed by atoms with E-state index in [1.165, 1.54) is 0 Å². The summed E-state index contributed by atoms with van der Waals surface area (Å²) in [7, 11) is 0. The fourth-order valence-corrected chi connectivity index (χ4v) is 2.41. The molecule has 0 unspecified atom stereocenters. The molecule has 0 aliphatic heterocycles. The van der Waals surface area contributed by atoms with Crippen molar-refractivity contribution < 1.29 is 4.79 Å². The average molecular weight is 290 g/mol. The summed E-state index contributed by atoms with van der Waals surface area (Å²) in [5.74, 6) is -0.0300. The smallest absolute Gasteiger partial charge is 0.254 e. The van der Waals surface area contributed by atoms with Gasteiger partial charge >= 0.3 is 0 Å². The van der Waals surface area contributed by atoms with Crippen molar-refractivity contribution in [2.45, 2.75) is 32.2 Å². The van der Waals surface area contributed by atoms with E-state index in [0.717, 1.165) is 30.6 Å². The number of hydrogen-bond acceptors (Lipinski definition) is 2. The lowest BCUT2D eigenvalue weighted by Crippen LogP contribution is -2.26. The van der Waals surface area contributed by atoms with Gasteiger partial charge in [-0.3, -0.25) is 4.79 Å². The van der Waals surface area contributed by atoms with Crippen LogP contribution in [0.5, 0.6) is 0 Å². The predicted octanol–water partition coefficient (Wildman–Crippen LogP) is 2.98. The first kappa shape index (κ1) is 13.2. The number of hydrogen-bond donors (Lipinski definition) is 1. The van der Waals surface area contributed by atoms with Crippen LogP contribution in [0.3, 0.4) is 0 Å². The van der Waals surface area contributed by atoms with Crippen molar-refractivity contribution in [1.82, 2.24) is 15.1 Å². The molecule has 1 aromatic carbocycles. The molecule has 1 aliphatic rings. The standard InChI is InChI=1S/C15H16ClN3O/c1-2-14-13(15(20)18-11-6-7-11)9-17-19(14)12-5-3-4-10(16)8-12/h3-5,8-9,11H,2,6-7H2,1H3,(H,18,20). The lowest BCUT2D eigenvalue weighted by atomic mass is 10.2. The van der Waals surface area contributed by atoms with Crippen molar-refractivity contribution in [3.63, 3.8) is 0 Å². The number of aromatic nitrogens is 2. The summed E-state index contributed by atoms with van der Waals surface area (Å²) in [4.78, 5) is 12.2. The number of carbonyl (C=O) groups excluding carboxylic acids is 1. The van der Waals surface area contributed by atoms with Gasteiger partial charge in [-0.2, -0.15) is 5.10 Å². The summed E-state index contributed by atoms with van der Waals surface area (Å²) in [6, 6.07) is 7.82. The molecule has 104 valence electrons. The van der Waals surface area contributed by atoms with Crippen LogP contribution < -0.4 is 5.32 Å².